The quantitative estimate of drug-likeness (QED) is 0.197. The third kappa shape index (κ3) is 4.51. The molecule has 32 heavy (non-hydrogen) atoms. The van der Waals surface area contributed by atoms with Crippen LogP contribution in [0.25, 0.3) is 0 Å². The third-order valence-corrected chi connectivity index (χ3v) is 7.37. The number of allylic oxidation sites excluding steroid dienone is 1. The second kappa shape index (κ2) is 9.63. The summed E-state index contributed by atoms with van der Waals surface area (Å²) in [4.78, 5) is 25.3. The van der Waals surface area contributed by atoms with Crippen molar-refractivity contribution in [2.24, 2.45) is 11.8 Å². The van der Waals surface area contributed by atoms with Gasteiger partial charge in [0.15, 0.2) is 5.60 Å². The fourth-order valence-electron chi connectivity index (χ4n) is 5.08. The first-order valence-corrected chi connectivity index (χ1v) is 11.2. The van der Waals surface area contributed by atoms with E-state index in [1.807, 2.05) is 6.92 Å². The van der Waals surface area contributed by atoms with Gasteiger partial charge in [-0.05, 0) is 65.0 Å². The zero-order valence-electron chi connectivity index (χ0n) is 19.9. The maximum absolute atomic E-state index is 12.9. The van der Waals surface area contributed by atoms with E-state index in [1.54, 1.807) is 40.9 Å². The highest BCUT2D eigenvalue weighted by Gasteiger charge is 2.61. The van der Waals surface area contributed by atoms with Gasteiger partial charge in [0.1, 0.15) is 19.0 Å². The summed E-state index contributed by atoms with van der Waals surface area (Å²) in [6, 6.07) is 0. The van der Waals surface area contributed by atoms with Crippen molar-refractivity contribution < 1.29 is 38.4 Å². The standard InChI is InChI=1S/C24H36O8/c1-7-14(2)21(25)31-18-12-17-19(15(18)3)20-16(8-9-23(17,4)27)24(5,22(26)32-20)30-13-29-11-10-28-6/h7,16-18,20,27H,8-13H2,1-6H3/b14-7+/t16-,17-,18+,20+,23-,24-/m1/s1. The number of esters is 2. The Bertz CT molecular complexity index is 798. The Morgan fingerprint density at radius 3 is 2.69 bits per heavy atom. The molecule has 1 saturated heterocycles. The molecule has 0 amide bonds. The molecule has 0 aromatic carbocycles. The average Bonchev–Trinajstić information content (AvgIpc) is 3.16. The third-order valence-electron chi connectivity index (χ3n) is 7.37. The van der Waals surface area contributed by atoms with E-state index in [1.165, 1.54) is 0 Å². The first kappa shape index (κ1) is 24.9. The lowest BCUT2D eigenvalue weighted by molar-refractivity contribution is -0.179. The molecule has 180 valence electrons. The molecule has 3 rings (SSSR count). The van der Waals surface area contributed by atoms with Gasteiger partial charge in [-0.25, -0.2) is 9.59 Å². The van der Waals surface area contributed by atoms with Gasteiger partial charge < -0.3 is 28.8 Å². The fourth-order valence-corrected chi connectivity index (χ4v) is 5.08. The first-order valence-electron chi connectivity index (χ1n) is 11.2. The van der Waals surface area contributed by atoms with Crippen molar-refractivity contribution in [2.75, 3.05) is 27.1 Å². The minimum Gasteiger partial charge on any atom is -0.455 e. The lowest BCUT2D eigenvalue weighted by Gasteiger charge is -2.31. The summed E-state index contributed by atoms with van der Waals surface area (Å²) < 4.78 is 27.9. The Kier molecular flexibility index (Phi) is 7.49. The van der Waals surface area contributed by atoms with E-state index in [9.17, 15) is 14.7 Å². The van der Waals surface area contributed by atoms with Crippen molar-refractivity contribution in [1.29, 1.82) is 0 Å². The van der Waals surface area contributed by atoms with Crippen LogP contribution in [0.3, 0.4) is 0 Å². The maximum atomic E-state index is 12.9. The van der Waals surface area contributed by atoms with Gasteiger partial charge in [-0.2, -0.15) is 0 Å². The smallest absolute Gasteiger partial charge is 0.339 e. The average molecular weight is 453 g/mol. The minimum atomic E-state index is -1.19. The molecule has 1 N–H and O–H groups in total. The molecule has 0 aromatic heterocycles. The molecular weight excluding hydrogens is 416 g/mol. The van der Waals surface area contributed by atoms with Gasteiger partial charge in [-0.3, -0.25) is 0 Å². The monoisotopic (exact) mass is 452 g/mol. The van der Waals surface area contributed by atoms with Crippen molar-refractivity contribution in [1.82, 2.24) is 0 Å². The Labute approximate surface area is 189 Å². The van der Waals surface area contributed by atoms with Crippen molar-refractivity contribution >= 4 is 11.9 Å². The molecule has 2 fully saturated rings. The van der Waals surface area contributed by atoms with Crippen LogP contribution in [-0.4, -0.2) is 67.6 Å². The SMILES string of the molecule is C/C=C(\C)C(=O)O[C@H]1C[C@@H]2C(=C1C)[C@H]1OC(=O)[C@](C)(OCOCCOC)[C@@H]1CC[C@@]2(C)O. The van der Waals surface area contributed by atoms with Crippen LogP contribution in [0.2, 0.25) is 0 Å². The van der Waals surface area contributed by atoms with Crippen molar-refractivity contribution in [3.05, 3.63) is 22.8 Å². The molecule has 2 aliphatic carbocycles. The molecule has 3 aliphatic rings. The summed E-state index contributed by atoms with van der Waals surface area (Å²) in [6.07, 6.45) is 2.22. The van der Waals surface area contributed by atoms with Gasteiger partial charge in [0.05, 0.1) is 18.8 Å². The summed E-state index contributed by atoms with van der Waals surface area (Å²) in [5.41, 5.74) is 0.0280. The molecule has 8 nitrogen and oxygen atoms in total. The van der Waals surface area contributed by atoms with E-state index in [2.05, 4.69) is 0 Å². The second-order valence-electron chi connectivity index (χ2n) is 9.39. The highest BCUT2D eigenvalue weighted by Crippen LogP contribution is 2.54. The summed E-state index contributed by atoms with van der Waals surface area (Å²) in [6.45, 7) is 9.66. The predicted octanol–water partition coefficient (Wildman–Crippen LogP) is 2.68. The number of hydrogen-bond acceptors (Lipinski definition) is 8. The van der Waals surface area contributed by atoms with E-state index in [4.69, 9.17) is 23.7 Å². The van der Waals surface area contributed by atoms with Crippen LogP contribution < -0.4 is 0 Å². The lowest BCUT2D eigenvalue weighted by Crippen LogP contribution is -2.42. The number of carbonyl (C=O) groups is 2. The molecule has 0 spiro atoms. The summed E-state index contributed by atoms with van der Waals surface area (Å²) in [7, 11) is 1.58. The first-order chi connectivity index (χ1) is 15.1. The second-order valence-corrected chi connectivity index (χ2v) is 9.39. The number of aliphatic hydroxyl groups is 1. The van der Waals surface area contributed by atoms with Crippen molar-refractivity contribution in [2.45, 2.75) is 77.3 Å². The molecule has 1 saturated carbocycles. The highest BCUT2D eigenvalue weighted by atomic mass is 16.7. The Morgan fingerprint density at radius 2 is 2.03 bits per heavy atom. The number of methoxy groups -OCH3 is 1. The molecule has 1 heterocycles. The van der Waals surface area contributed by atoms with Crippen molar-refractivity contribution in [3.8, 4) is 0 Å². The van der Waals surface area contributed by atoms with Crippen LogP contribution in [0.5, 0.6) is 0 Å². The normalized spacial score (nSPS) is 37.1. The highest BCUT2D eigenvalue weighted by molar-refractivity contribution is 5.88. The number of fused-ring (bicyclic) bond motifs is 3. The summed E-state index contributed by atoms with van der Waals surface area (Å²) in [5.74, 6) is -1.37. The van der Waals surface area contributed by atoms with E-state index >= 15 is 0 Å². The van der Waals surface area contributed by atoms with Gasteiger partial charge in [-0.15, -0.1) is 0 Å². The molecular formula is C24H36O8. The number of rotatable bonds is 8. The fraction of sp³-hybridized carbons (Fsp3) is 0.750. The van der Waals surface area contributed by atoms with E-state index in [0.29, 0.717) is 38.0 Å². The molecule has 1 aliphatic heterocycles. The minimum absolute atomic E-state index is 0.0566. The zero-order valence-corrected chi connectivity index (χ0v) is 19.9. The van der Waals surface area contributed by atoms with Crippen LogP contribution >= 0.6 is 0 Å². The molecule has 0 unspecified atom stereocenters. The molecule has 0 aromatic rings. The van der Waals surface area contributed by atoms with Crippen molar-refractivity contribution in [3.63, 3.8) is 0 Å². The van der Waals surface area contributed by atoms with E-state index < -0.39 is 29.4 Å². The summed E-state index contributed by atoms with van der Waals surface area (Å²) >= 11 is 0. The van der Waals surface area contributed by atoms with Gasteiger partial charge in [0.2, 0.25) is 0 Å². The topological polar surface area (TPSA) is 101 Å². The molecule has 8 heteroatoms. The maximum Gasteiger partial charge on any atom is 0.339 e. The van der Waals surface area contributed by atoms with Crippen LogP contribution in [0, 0.1) is 11.8 Å². The molecule has 6 atom stereocenters. The van der Waals surface area contributed by atoms with Crippen LogP contribution in [-0.2, 0) is 33.3 Å². The largest absolute Gasteiger partial charge is 0.455 e. The Balaban J connectivity index is 1.87. The Hall–Kier alpha value is -1.74. The van der Waals surface area contributed by atoms with Gasteiger partial charge in [0.25, 0.3) is 0 Å². The van der Waals surface area contributed by atoms with E-state index in [-0.39, 0.29) is 24.6 Å². The Morgan fingerprint density at radius 1 is 1.31 bits per heavy atom. The number of hydrogen-bond donors (Lipinski definition) is 1. The van der Waals surface area contributed by atoms with E-state index in [0.717, 1.165) is 11.1 Å². The zero-order chi connectivity index (χ0) is 23.7. The predicted molar refractivity (Wildman–Crippen MR) is 116 cm³/mol. The lowest BCUT2D eigenvalue weighted by atomic mass is 9.81. The van der Waals surface area contributed by atoms with Gasteiger partial charge in [-0.1, -0.05) is 6.08 Å². The molecule has 0 radical (unpaired) electrons. The number of carbonyl (C=O) groups excluding carboxylic acids is 2. The molecule has 0 bridgehead atoms. The summed E-state index contributed by atoms with van der Waals surface area (Å²) in [5, 5.41) is 11.3. The van der Waals surface area contributed by atoms with Gasteiger partial charge in [0, 0.05) is 24.5 Å². The van der Waals surface area contributed by atoms with Crippen LogP contribution in [0.1, 0.15) is 53.9 Å². The van der Waals surface area contributed by atoms with Crippen LogP contribution in [0.4, 0.5) is 0 Å². The van der Waals surface area contributed by atoms with Crippen LogP contribution in [0.15, 0.2) is 22.8 Å². The van der Waals surface area contributed by atoms with Gasteiger partial charge >= 0.3 is 11.9 Å². The number of ether oxygens (including phenoxy) is 5.